The smallest absolute Gasteiger partial charge is 0.118 e. The Morgan fingerprint density at radius 2 is 1.90 bits per heavy atom. The molecule has 0 spiro atoms. The summed E-state index contributed by atoms with van der Waals surface area (Å²) in [5.41, 5.74) is 5.22. The molecule has 0 amide bonds. The van der Waals surface area contributed by atoms with Crippen LogP contribution in [0.25, 0.3) is 0 Å². The molecule has 0 fully saturated rings. The molecule has 0 aliphatic carbocycles. The van der Waals surface area contributed by atoms with E-state index in [9.17, 15) is 4.57 Å². The molecule has 1 radical (unpaired) electrons. The van der Waals surface area contributed by atoms with Gasteiger partial charge in [-0.1, -0.05) is 18.2 Å². The van der Waals surface area contributed by atoms with Crippen molar-refractivity contribution in [2.45, 2.75) is 0 Å². The molecule has 0 aliphatic heterocycles. The Morgan fingerprint density at radius 1 is 1.30 bits per heavy atom. The molecule has 0 aromatic heterocycles. The average molecular weight is 154 g/mol. The molecular formula is C7H9NOP. The van der Waals surface area contributed by atoms with E-state index in [1.165, 1.54) is 0 Å². The van der Waals surface area contributed by atoms with Crippen LogP contribution in [0.2, 0.25) is 0 Å². The van der Waals surface area contributed by atoms with Gasteiger partial charge in [-0.2, -0.15) is 0 Å². The van der Waals surface area contributed by atoms with Gasteiger partial charge in [-0.15, -0.1) is 0 Å². The Kier molecular flexibility index (Phi) is 2.55. The SMILES string of the molecule is NC[P](=O)c1ccccc1. The van der Waals surface area contributed by atoms with Gasteiger partial charge in [0.1, 0.15) is 7.80 Å². The van der Waals surface area contributed by atoms with E-state index < -0.39 is 7.80 Å². The summed E-state index contributed by atoms with van der Waals surface area (Å²) in [5.74, 6) is 0. The zero-order valence-electron chi connectivity index (χ0n) is 5.53. The van der Waals surface area contributed by atoms with E-state index in [2.05, 4.69) is 0 Å². The monoisotopic (exact) mass is 154 g/mol. The van der Waals surface area contributed by atoms with Crippen molar-refractivity contribution in [3.8, 4) is 0 Å². The Bertz CT molecular complexity index is 222. The normalized spacial score (nSPS) is 11.1. The predicted molar refractivity (Wildman–Crippen MR) is 42.7 cm³/mol. The maximum atomic E-state index is 11.0. The largest absolute Gasteiger partial charge is 0.321 e. The van der Waals surface area contributed by atoms with E-state index in [-0.39, 0.29) is 6.29 Å². The van der Waals surface area contributed by atoms with Crippen molar-refractivity contribution >= 4 is 13.1 Å². The van der Waals surface area contributed by atoms with E-state index in [4.69, 9.17) is 5.73 Å². The van der Waals surface area contributed by atoms with Gasteiger partial charge < -0.3 is 5.73 Å². The minimum absolute atomic E-state index is 0.235. The van der Waals surface area contributed by atoms with Crippen molar-refractivity contribution in [3.63, 3.8) is 0 Å². The van der Waals surface area contributed by atoms with E-state index in [0.29, 0.717) is 0 Å². The van der Waals surface area contributed by atoms with Crippen molar-refractivity contribution in [2.75, 3.05) is 6.29 Å². The van der Waals surface area contributed by atoms with Crippen molar-refractivity contribution in [2.24, 2.45) is 5.73 Å². The molecule has 0 bridgehead atoms. The number of hydrogen-bond acceptors (Lipinski definition) is 2. The lowest BCUT2D eigenvalue weighted by atomic mass is 10.4. The van der Waals surface area contributed by atoms with E-state index in [1.807, 2.05) is 30.3 Å². The van der Waals surface area contributed by atoms with Crippen molar-refractivity contribution in [1.29, 1.82) is 0 Å². The summed E-state index contributed by atoms with van der Waals surface area (Å²) in [6, 6.07) is 9.26. The topological polar surface area (TPSA) is 43.1 Å². The minimum atomic E-state index is -1.35. The summed E-state index contributed by atoms with van der Waals surface area (Å²) in [7, 11) is -1.35. The summed E-state index contributed by atoms with van der Waals surface area (Å²) in [5, 5.41) is 0.833. The van der Waals surface area contributed by atoms with E-state index in [1.54, 1.807) is 0 Å². The van der Waals surface area contributed by atoms with Crippen LogP contribution in [0.5, 0.6) is 0 Å². The third-order valence-electron chi connectivity index (χ3n) is 1.21. The van der Waals surface area contributed by atoms with Crippen LogP contribution in [-0.2, 0) is 4.57 Å². The fraction of sp³-hybridized carbons (Fsp3) is 0.143. The highest BCUT2D eigenvalue weighted by Crippen LogP contribution is 2.14. The minimum Gasteiger partial charge on any atom is -0.321 e. The van der Waals surface area contributed by atoms with Crippen LogP contribution < -0.4 is 11.0 Å². The lowest BCUT2D eigenvalue weighted by molar-refractivity contribution is 0.593. The summed E-state index contributed by atoms with van der Waals surface area (Å²) in [6.07, 6.45) is 0.235. The molecule has 1 aromatic rings. The van der Waals surface area contributed by atoms with Gasteiger partial charge in [0, 0.05) is 5.30 Å². The Labute approximate surface area is 60.8 Å². The molecule has 10 heavy (non-hydrogen) atoms. The van der Waals surface area contributed by atoms with Crippen LogP contribution >= 0.6 is 7.80 Å². The summed E-state index contributed by atoms with van der Waals surface area (Å²) >= 11 is 0. The predicted octanol–water partition coefficient (Wildman–Crippen LogP) is 1.06. The molecule has 1 atom stereocenters. The molecular weight excluding hydrogens is 145 g/mol. The Hall–Kier alpha value is -0.720. The fourth-order valence-electron chi connectivity index (χ4n) is 0.700. The van der Waals surface area contributed by atoms with Crippen molar-refractivity contribution in [1.82, 2.24) is 0 Å². The molecule has 0 aliphatic rings. The van der Waals surface area contributed by atoms with Gasteiger partial charge in [-0.05, 0) is 12.1 Å². The van der Waals surface area contributed by atoms with Crippen LogP contribution in [0.4, 0.5) is 0 Å². The van der Waals surface area contributed by atoms with E-state index >= 15 is 0 Å². The first-order valence-electron chi connectivity index (χ1n) is 3.04. The molecule has 0 saturated carbocycles. The molecule has 53 valence electrons. The maximum Gasteiger partial charge on any atom is 0.118 e. The third-order valence-corrected chi connectivity index (χ3v) is 2.42. The van der Waals surface area contributed by atoms with Crippen molar-refractivity contribution < 1.29 is 4.57 Å². The highest BCUT2D eigenvalue weighted by Gasteiger charge is 1.97. The molecule has 2 nitrogen and oxygen atoms in total. The highest BCUT2D eigenvalue weighted by molar-refractivity contribution is 7.53. The molecule has 0 heterocycles. The van der Waals surface area contributed by atoms with Gasteiger partial charge in [0.05, 0.1) is 6.29 Å². The second kappa shape index (κ2) is 3.45. The Balaban J connectivity index is 2.85. The number of benzene rings is 1. The summed E-state index contributed by atoms with van der Waals surface area (Å²) < 4.78 is 11.0. The zero-order chi connectivity index (χ0) is 7.40. The molecule has 0 saturated heterocycles. The highest BCUT2D eigenvalue weighted by atomic mass is 31.1. The van der Waals surface area contributed by atoms with Gasteiger partial charge in [-0.25, -0.2) is 0 Å². The summed E-state index contributed by atoms with van der Waals surface area (Å²) in [4.78, 5) is 0. The molecule has 1 rings (SSSR count). The number of hydrogen-bond donors (Lipinski definition) is 1. The lowest BCUT2D eigenvalue weighted by Gasteiger charge is -1.94. The summed E-state index contributed by atoms with van der Waals surface area (Å²) in [6.45, 7) is 0. The first-order valence-corrected chi connectivity index (χ1v) is 4.49. The second-order valence-corrected chi connectivity index (χ2v) is 3.54. The molecule has 1 aromatic carbocycles. The van der Waals surface area contributed by atoms with E-state index in [0.717, 1.165) is 5.30 Å². The second-order valence-electron chi connectivity index (χ2n) is 1.90. The number of nitrogens with two attached hydrogens (primary N) is 1. The van der Waals surface area contributed by atoms with Gasteiger partial charge >= 0.3 is 0 Å². The first kappa shape index (κ1) is 7.39. The van der Waals surface area contributed by atoms with Gasteiger partial charge in [-0.3, -0.25) is 4.57 Å². The first-order chi connectivity index (χ1) is 4.84. The van der Waals surface area contributed by atoms with Gasteiger partial charge in [0.25, 0.3) is 0 Å². The quantitative estimate of drug-likeness (QED) is 0.647. The number of rotatable bonds is 2. The van der Waals surface area contributed by atoms with Crippen LogP contribution in [0.15, 0.2) is 30.3 Å². The van der Waals surface area contributed by atoms with Crippen LogP contribution in [0.3, 0.4) is 0 Å². The fourth-order valence-corrected chi connectivity index (χ4v) is 1.42. The van der Waals surface area contributed by atoms with Crippen LogP contribution in [0, 0.1) is 0 Å². The lowest BCUT2D eigenvalue weighted by Crippen LogP contribution is -2.02. The zero-order valence-corrected chi connectivity index (χ0v) is 6.42. The average Bonchev–Trinajstić information content (AvgIpc) is 2.05. The Morgan fingerprint density at radius 3 is 2.40 bits per heavy atom. The molecule has 1 unspecified atom stereocenters. The third kappa shape index (κ3) is 1.63. The van der Waals surface area contributed by atoms with Gasteiger partial charge in [0.2, 0.25) is 0 Å². The van der Waals surface area contributed by atoms with Crippen LogP contribution in [-0.4, -0.2) is 6.29 Å². The molecule has 2 N–H and O–H groups in total. The van der Waals surface area contributed by atoms with Crippen molar-refractivity contribution in [3.05, 3.63) is 30.3 Å². The maximum absolute atomic E-state index is 11.0. The van der Waals surface area contributed by atoms with Gasteiger partial charge in [0.15, 0.2) is 0 Å². The molecule has 3 heteroatoms. The van der Waals surface area contributed by atoms with Crippen LogP contribution in [0.1, 0.15) is 0 Å². The standard InChI is InChI=1S/C7H9NOP/c8-6-10(9)7-4-2-1-3-5-7/h1-5H,6,8H2.